The number of ether oxygens (including phenoxy) is 1. The minimum atomic E-state index is -0.653. The topological polar surface area (TPSA) is 124 Å². The van der Waals surface area contributed by atoms with Crippen molar-refractivity contribution in [1.29, 1.82) is 0 Å². The summed E-state index contributed by atoms with van der Waals surface area (Å²) < 4.78 is 10.6. The highest BCUT2D eigenvalue weighted by atomic mass is 16.5. The Hall–Kier alpha value is -4.07. The number of nitrogens with two attached hydrogens (primary N) is 1. The van der Waals surface area contributed by atoms with Gasteiger partial charge in [-0.05, 0) is 36.4 Å². The van der Waals surface area contributed by atoms with Gasteiger partial charge in [0.2, 0.25) is 0 Å². The van der Waals surface area contributed by atoms with Crippen molar-refractivity contribution in [2.45, 2.75) is 6.54 Å². The number of nitrogens with one attached hydrogen (secondary N) is 2. The molecule has 0 spiro atoms. The van der Waals surface area contributed by atoms with Crippen LogP contribution in [0.5, 0.6) is 5.75 Å². The maximum Gasteiger partial charge on any atom is 0.262 e. The van der Waals surface area contributed by atoms with Gasteiger partial charge in [-0.3, -0.25) is 14.4 Å². The second-order valence-corrected chi connectivity index (χ2v) is 6.00. The van der Waals surface area contributed by atoms with E-state index in [4.69, 9.17) is 14.9 Å². The number of benzene rings is 2. The van der Waals surface area contributed by atoms with Crippen molar-refractivity contribution < 1.29 is 23.5 Å². The van der Waals surface area contributed by atoms with Gasteiger partial charge in [0.25, 0.3) is 17.7 Å². The highest BCUT2D eigenvalue weighted by Gasteiger charge is 2.15. The minimum absolute atomic E-state index is 0.179. The van der Waals surface area contributed by atoms with Crippen molar-refractivity contribution in [3.05, 3.63) is 83.8 Å². The quantitative estimate of drug-likeness (QED) is 0.542. The summed E-state index contributed by atoms with van der Waals surface area (Å²) in [5.41, 5.74) is 6.10. The van der Waals surface area contributed by atoms with Gasteiger partial charge in [-0.25, -0.2) is 0 Å². The molecule has 0 unspecified atom stereocenters. The number of carbonyl (C=O) groups is 3. The maximum absolute atomic E-state index is 12.5. The number of amides is 3. The first-order chi connectivity index (χ1) is 14.0. The van der Waals surface area contributed by atoms with Crippen LogP contribution in [0.3, 0.4) is 0 Å². The van der Waals surface area contributed by atoms with Crippen LogP contribution in [-0.4, -0.2) is 24.3 Å². The zero-order chi connectivity index (χ0) is 20.6. The van der Waals surface area contributed by atoms with Crippen molar-refractivity contribution in [2.24, 2.45) is 5.73 Å². The molecule has 0 bridgehead atoms. The molecule has 2 aromatic carbocycles. The Bertz CT molecular complexity index is 1010. The number of primary amides is 1. The minimum Gasteiger partial charge on any atom is -0.483 e. The zero-order valence-electron chi connectivity index (χ0n) is 15.4. The Balaban J connectivity index is 1.62. The number of hydrogen-bond donors (Lipinski definition) is 3. The van der Waals surface area contributed by atoms with Gasteiger partial charge >= 0.3 is 0 Å². The van der Waals surface area contributed by atoms with E-state index in [1.54, 1.807) is 54.6 Å². The van der Waals surface area contributed by atoms with Crippen molar-refractivity contribution >= 4 is 23.4 Å². The summed E-state index contributed by atoms with van der Waals surface area (Å²) in [6.45, 7) is -0.131. The largest absolute Gasteiger partial charge is 0.483 e. The van der Waals surface area contributed by atoms with Gasteiger partial charge in [0.15, 0.2) is 6.61 Å². The van der Waals surface area contributed by atoms with Gasteiger partial charge in [-0.2, -0.15) is 0 Å². The van der Waals surface area contributed by atoms with Crippen LogP contribution in [-0.2, 0) is 11.3 Å². The maximum atomic E-state index is 12.5. The van der Waals surface area contributed by atoms with Crippen LogP contribution in [0.4, 0.5) is 5.69 Å². The molecule has 0 aliphatic heterocycles. The number of anilines is 1. The standard InChI is InChI=1S/C21H19N3O5/c22-20(26)16-8-2-4-10-18(16)29-13-19(25)24-17-9-3-1-7-15(17)21(27)23-12-14-6-5-11-28-14/h1-11H,12-13H2,(H2,22,26)(H,23,27)(H,24,25). The van der Waals surface area contributed by atoms with Crippen molar-refractivity contribution in [3.8, 4) is 5.75 Å². The summed E-state index contributed by atoms with van der Waals surface area (Å²) in [6, 6.07) is 16.4. The third-order valence-electron chi connectivity index (χ3n) is 3.96. The fourth-order valence-corrected chi connectivity index (χ4v) is 2.59. The SMILES string of the molecule is NC(=O)c1ccccc1OCC(=O)Nc1ccccc1C(=O)NCc1ccco1. The van der Waals surface area contributed by atoms with Crippen LogP contribution >= 0.6 is 0 Å². The molecular formula is C21H19N3O5. The summed E-state index contributed by atoms with van der Waals surface area (Å²) in [7, 11) is 0. The van der Waals surface area contributed by atoms with Crippen LogP contribution in [0, 0.1) is 0 Å². The first kappa shape index (κ1) is 19.7. The van der Waals surface area contributed by atoms with Crippen molar-refractivity contribution in [1.82, 2.24) is 5.32 Å². The van der Waals surface area contributed by atoms with Crippen LogP contribution in [0.1, 0.15) is 26.5 Å². The summed E-state index contributed by atoms with van der Waals surface area (Å²) in [5, 5.41) is 5.37. The fourth-order valence-electron chi connectivity index (χ4n) is 2.59. The molecule has 0 fully saturated rings. The van der Waals surface area contributed by atoms with Crippen LogP contribution in [0.25, 0.3) is 0 Å². The highest BCUT2D eigenvalue weighted by molar-refractivity contribution is 6.04. The molecule has 3 amide bonds. The van der Waals surface area contributed by atoms with Crippen molar-refractivity contribution in [2.75, 3.05) is 11.9 Å². The lowest BCUT2D eigenvalue weighted by atomic mass is 10.1. The lowest BCUT2D eigenvalue weighted by Crippen LogP contribution is -2.26. The molecule has 1 heterocycles. The third-order valence-corrected chi connectivity index (χ3v) is 3.96. The Morgan fingerprint density at radius 3 is 2.38 bits per heavy atom. The monoisotopic (exact) mass is 393 g/mol. The van der Waals surface area contributed by atoms with Gasteiger partial charge in [0, 0.05) is 0 Å². The fraction of sp³-hybridized carbons (Fsp3) is 0.0952. The molecular weight excluding hydrogens is 374 g/mol. The van der Waals surface area contributed by atoms with E-state index in [-0.39, 0.29) is 30.4 Å². The molecule has 8 nitrogen and oxygen atoms in total. The van der Waals surface area contributed by atoms with E-state index in [0.29, 0.717) is 17.0 Å². The van der Waals surface area contributed by atoms with Gasteiger partial charge in [-0.1, -0.05) is 24.3 Å². The predicted octanol–water partition coefficient (Wildman–Crippen LogP) is 2.33. The summed E-state index contributed by atoms with van der Waals surface area (Å²) in [6.07, 6.45) is 1.52. The molecule has 0 radical (unpaired) electrons. The Labute approximate surface area is 166 Å². The highest BCUT2D eigenvalue weighted by Crippen LogP contribution is 2.18. The molecule has 0 aliphatic rings. The molecule has 29 heavy (non-hydrogen) atoms. The number of rotatable bonds is 8. The first-order valence-electron chi connectivity index (χ1n) is 8.75. The van der Waals surface area contributed by atoms with E-state index < -0.39 is 11.8 Å². The number of para-hydroxylation sites is 2. The van der Waals surface area contributed by atoms with E-state index in [2.05, 4.69) is 10.6 Å². The molecule has 148 valence electrons. The lowest BCUT2D eigenvalue weighted by molar-refractivity contribution is -0.118. The average molecular weight is 393 g/mol. The smallest absolute Gasteiger partial charge is 0.262 e. The molecule has 0 atom stereocenters. The van der Waals surface area contributed by atoms with E-state index in [0.717, 1.165) is 0 Å². The van der Waals surface area contributed by atoms with Gasteiger partial charge < -0.3 is 25.5 Å². The summed E-state index contributed by atoms with van der Waals surface area (Å²) in [4.78, 5) is 36.2. The third kappa shape index (κ3) is 5.23. The Morgan fingerprint density at radius 1 is 0.931 bits per heavy atom. The predicted molar refractivity (Wildman–Crippen MR) is 105 cm³/mol. The molecule has 8 heteroatoms. The van der Waals surface area contributed by atoms with Crippen LogP contribution in [0.2, 0.25) is 0 Å². The lowest BCUT2D eigenvalue weighted by Gasteiger charge is -2.12. The zero-order valence-corrected chi connectivity index (χ0v) is 15.4. The van der Waals surface area contributed by atoms with E-state index in [1.165, 1.54) is 12.3 Å². The number of furan rings is 1. The normalized spacial score (nSPS) is 10.2. The number of carbonyl (C=O) groups excluding carboxylic acids is 3. The van der Waals surface area contributed by atoms with Crippen molar-refractivity contribution in [3.63, 3.8) is 0 Å². The van der Waals surface area contributed by atoms with Crippen LogP contribution in [0.15, 0.2) is 71.3 Å². The Morgan fingerprint density at radius 2 is 1.66 bits per heavy atom. The molecule has 1 aromatic heterocycles. The Kier molecular flexibility index (Phi) is 6.26. The van der Waals surface area contributed by atoms with Gasteiger partial charge in [-0.15, -0.1) is 0 Å². The second kappa shape index (κ2) is 9.23. The molecule has 4 N–H and O–H groups in total. The molecule has 3 aromatic rings. The molecule has 3 rings (SSSR count). The van der Waals surface area contributed by atoms with E-state index in [9.17, 15) is 14.4 Å². The molecule has 0 saturated carbocycles. The summed E-state index contributed by atoms with van der Waals surface area (Å²) >= 11 is 0. The van der Waals surface area contributed by atoms with E-state index >= 15 is 0 Å². The summed E-state index contributed by atoms with van der Waals surface area (Å²) in [5.74, 6) is -0.687. The van der Waals surface area contributed by atoms with Gasteiger partial charge in [0.1, 0.15) is 11.5 Å². The number of hydrogen-bond acceptors (Lipinski definition) is 5. The average Bonchev–Trinajstić information content (AvgIpc) is 3.25. The first-order valence-corrected chi connectivity index (χ1v) is 8.75. The van der Waals surface area contributed by atoms with Crippen LogP contribution < -0.4 is 21.1 Å². The molecule has 0 saturated heterocycles. The second-order valence-electron chi connectivity index (χ2n) is 6.00. The van der Waals surface area contributed by atoms with Gasteiger partial charge in [0.05, 0.1) is 29.6 Å². The molecule has 0 aliphatic carbocycles. The van der Waals surface area contributed by atoms with E-state index in [1.807, 2.05) is 0 Å².